The molecule has 0 N–H and O–H groups in total. The van der Waals surface area contributed by atoms with E-state index in [2.05, 4.69) is 53.7 Å². The minimum atomic E-state index is 0.271. The normalized spacial score (nSPS) is 20.9. The van der Waals surface area contributed by atoms with Gasteiger partial charge in [0.1, 0.15) is 0 Å². The van der Waals surface area contributed by atoms with Crippen LogP contribution in [0.25, 0.3) is 0 Å². The van der Waals surface area contributed by atoms with E-state index in [1.165, 1.54) is 32.1 Å². The van der Waals surface area contributed by atoms with Crippen molar-refractivity contribution in [3.05, 3.63) is 34.4 Å². The molecule has 0 unspecified atom stereocenters. The topological polar surface area (TPSA) is 0 Å². The molecule has 0 nitrogen and oxygen atoms in total. The summed E-state index contributed by atoms with van der Waals surface area (Å²) < 4.78 is 0. The van der Waals surface area contributed by atoms with Crippen molar-refractivity contribution in [3.63, 3.8) is 0 Å². The van der Waals surface area contributed by atoms with Crippen molar-refractivity contribution in [2.24, 2.45) is 0 Å². The van der Waals surface area contributed by atoms with Crippen LogP contribution in [0, 0.1) is 0 Å². The third-order valence-electron chi connectivity index (χ3n) is 5.62. The Hall–Kier alpha value is -0.780. The molecule has 0 atom stereocenters. The highest BCUT2D eigenvalue weighted by atomic mass is 14.5. The maximum absolute atomic E-state index is 2.45. The van der Waals surface area contributed by atoms with E-state index in [-0.39, 0.29) is 10.8 Å². The van der Waals surface area contributed by atoms with Crippen LogP contribution in [-0.4, -0.2) is 0 Å². The van der Waals surface area contributed by atoms with Crippen molar-refractivity contribution in [2.45, 2.75) is 89.9 Å². The third kappa shape index (κ3) is 1.95. The molecule has 1 spiro atoms. The van der Waals surface area contributed by atoms with E-state index >= 15 is 0 Å². The SMILES string of the molecule is CC(C)(C)c1ccc(C(C)(C)C)c2c1CCC21CCC1. The summed E-state index contributed by atoms with van der Waals surface area (Å²) in [6.45, 7) is 14.2. The lowest BCUT2D eigenvalue weighted by Crippen LogP contribution is -2.34. The van der Waals surface area contributed by atoms with Gasteiger partial charge in [0, 0.05) is 0 Å². The zero-order valence-electron chi connectivity index (χ0n) is 14.2. The van der Waals surface area contributed by atoms with Crippen LogP contribution in [0.5, 0.6) is 0 Å². The van der Waals surface area contributed by atoms with E-state index in [1.54, 1.807) is 22.3 Å². The van der Waals surface area contributed by atoms with Crippen molar-refractivity contribution in [1.82, 2.24) is 0 Å². The van der Waals surface area contributed by atoms with Gasteiger partial charge in [-0.05, 0) is 64.2 Å². The van der Waals surface area contributed by atoms with E-state index in [9.17, 15) is 0 Å². The van der Waals surface area contributed by atoms with Crippen LogP contribution in [0.15, 0.2) is 12.1 Å². The summed E-state index contributed by atoms with van der Waals surface area (Å²) in [5.74, 6) is 0. The highest BCUT2D eigenvalue weighted by Crippen LogP contribution is 2.56. The molecule has 20 heavy (non-hydrogen) atoms. The molecule has 1 aromatic carbocycles. The number of rotatable bonds is 0. The zero-order chi connectivity index (χ0) is 14.8. The van der Waals surface area contributed by atoms with Gasteiger partial charge in [0.2, 0.25) is 0 Å². The summed E-state index contributed by atoms with van der Waals surface area (Å²) in [5, 5.41) is 0. The van der Waals surface area contributed by atoms with Gasteiger partial charge in [0.25, 0.3) is 0 Å². The van der Waals surface area contributed by atoms with Gasteiger partial charge in [-0.25, -0.2) is 0 Å². The molecule has 1 fully saturated rings. The predicted molar refractivity (Wildman–Crippen MR) is 87.7 cm³/mol. The molecular formula is C20H30. The first-order valence-electron chi connectivity index (χ1n) is 8.32. The molecule has 1 saturated carbocycles. The minimum absolute atomic E-state index is 0.271. The molecule has 110 valence electrons. The molecule has 0 radical (unpaired) electrons. The first-order chi connectivity index (χ1) is 9.15. The molecule has 0 saturated heterocycles. The average Bonchev–Trinajstić information content (AvgIpc) is 2.64. The van der Waals surface area contributed by atoms with Gasteiger partial charge in [-0.2, -0.15) is 0 Å². The van der Waals surface area contributed by atoms with Crippen molar-refractivity contribution in [3.8, 4) is 0 Å². The summed E-state index contributed by atoms with van der Waals surface area (Å²) in [5.41, 5.74) is 7.80. The number of hydrogen-bond acceptors (Lipinski definition) is 0. The number of hydrogen-bond donors (Lipinski definition) is 0. The molecule has 0 heterocycles. The largest absolute Gasteiger partial charge is 0.0579 e. The maximum Gasteiger partial charge on any atom is -0.00380 e. The molecular weight excluding hydrogens is 240 g/mol. The zero-order valence-corrected chi connectivity index (χ0v) is 14.2. The van der Waals surface area contributed by atoms with Crippen molar-refractivity contribution in [2.75, 3.05) is 0 Å². The standard InChI is InChI=1S/C20H30/c1-18(2,3)15-8-9-16(19(4,5)6)17-14(15)10-13-20(17)11-7-12-20/h8-9H,7,10-13H2,1-6H3. The van der Waals surface area contributed by atoms with Gasteiger partial charge in [-0.1, -0.05) is 60.1 Å². The second kappa shape index (κ2) is 4.12. The van der Waals surface area contributed by atoms with Crippen LogP contribution >= 0.6 is 0 Å². The Morgan fingerprint density at radius 3 is 1.80 bits per heavy atom. The Balaban J connectivity index is 2.25. The number of fused-ring (bicyclic) bond motifs is 2. The lowest BCUT2D eigenvalue weighted by molar-refractivity contribution is 0.240. The van der Waals surface area contributed by atoms with Gasteiger partial charge >= 0.3 is 0 Å². The molecule has 0 amide bonds. The van der Waals surface area contributed by atoms with E-state index in [0.29, 0.717) is 5.41 Å². The molecule has 3 rings (SSSR count). The quantitative estimate of drug-likeness (QED) is 0.571. The Bertz CT molecular complexity index is 530. The lowest BCUT2D eigenvalue weighted by Gasteiger charge is -2.43. The van der Waals surface area contributed by atoms with E-state index in [0.717, 1.165) is 0 Å². The molecule has 0 heteroatoms. The van der Waals surface area contributed by atoms with Crippen LogP contribution in [0.3, 0.4) is 0 Å². The van der Waals surface area contributed by atoms with Gasteiger partial charge in [0.05, 0.1) is 0 Å². The predicted octanol–water partition coefficient (Wildman–Crippen LogP) is 5.65. The second-order valence-corrected chi connectivity index (χ2v) is 9.15. The summed E-state index contributed by atoms with van der Waals surface area (Å²) >= 11 is 0. The van der Waals surface area contributed by atoms with E-state index in [1.807, 2.05) is 0 Å². The highest BCUT2D eigenvalue weighted by Gasteiger charge is 2.47. The Labute approximate surface area is 125 Å². The summed E-state index contributed by atoms with van der Waals surface area (Å²) in [7, 11) is 0. The van der Waals surface area contributed by atoms with Gasteiger partial charge in [0.15, 0.2) is 0 Å². The molecule has 2 aliphatic rings. The van der Waals surface area contributed by atoms with Crippen molar-refractivity contribution >= 4 is 0 Å². The smallest absolute Gasteiger partial charge is 0.00380 e. The van der Waals surface area contributed by atoms with Crippen LogP contribution in [-0.2, 0) is 22.7 Å². The Morgan fingerprint density at radius 2 is 1.35 bits per heavy atom. The van der Waals surface area contributed by atoms with Crippen LogP contribution in [0.4, 0.5) is 0 Å². The molecule has 0 bridgehead atoms. The van der Waals surface area contributed by atoms with Crippen molar-refractivity contribution < 1.29 is 0 Å². The molecule has 1 aromatic rings. The average molecular weight is 270 g/mol. The number of benzene rings is 1. The Kier molecular flexibility index (Phi) is 2.92. The van der Waals surface area contributed by atoms with Gasteiger partial charge < -0.3 is 0 Å². The first-order valence-corrected chi connectivity index (χ1v) is 8.32. The monoisotopic (exact) mass is 270 g/mol. The van der Waals surface area contributed by atoms with E-state index in [4.69, 9.17) is 0 Å². The van der Waals surface area contributed by atoms with Crippen molar-refractivity contribution in [1.29, 1.82) is 0 Å². The Morgan fingerprint density at radius 1 is 0.800 bits per heavy atom. The molecule has 2 aliphatic carbocycles. The summed E-state index contributed by atoms with van der Waals surface area (Å²) in [6.07, 6.45) is 7.00. The molecule has 0 aromatic heterocycles. The van der Waals surface area contributed by atoms with Gasteiger partial charge in [-0.15, -0.1) is 0 Å². The van der Waals surface area contributed by atoms with Crippen LogP contribution < -0.4 is 0 Å². The van der Waals surface area contributed by atoms with Crippen LogP contribution in [0.1, 0.15) is 89.5 Å². The highest BCUT2D eigenvalue weighted by molar-refractivity contribution is 5.54. The second-order valence-electron chi connectivity index (χ2n) is 9.15. The molecule has 0 aliphatic heterocycles. The first kappa shape index (κ1) is 14.2. The van der Waals surface area contributed by atoms with Gasteiger partial charge in [-0.3, -0.25) is 0 Å². The van der Waals surface area contributed by atoms with Crippen LogP contribution in [0.2, 0.25) is 0 Å². The van der Waals surface area contributed by atoms with E-state index < -0.39 is 0 Å². The summed E-state index contributed by atoms with van der Waals surface area (Å²) in [4.78, 5) is 0. The maximum atomic E-state index is 2.45. The fourth-order valence-electron chi connectivity index (χ4n) is 4.43. The minimum Gasteiger partial charge on any atom is -0.0579 e. The summed E-state index contributed by atoms with van der Waals surface area (Å²) in [6, 6.07) is 4.88. The third-order valence-corrected chi connectivity index (χ3v) is 5.62. The fraction of sp³-hybridized carbons (Fsp3) is 0.700. The fourth-order valence-corrected chi connectivity index (χ4v) is 4.43. The lowest BCUT2D eigenvalue weighted by atomic mass is 9.61.